The molecule has 202 valence electrons. The predicted molar refractivity (Wildman–Crippen MR) is 152 cm³/mol. The van der Waals surface area contributed by atoms with Gasteiger partial charge in [0.05, 0.1) is 26.0 Å². The van der Waals surface area contributed by atoms with Crippen molar-refractivity contribution in [1.29, 1.82) is 0 Å². The van der Waals surface area contributed by atoms with E-state index in [2.05, 4.69) is 15.8 Å². The second kappa shape index (κ2) is 12.9. The van der Waals surface area contributed by atoms with Crippen molar-refractivity contribution in [2.24, 2.45) is 5.10 Å². The first kappa shape index (κ1) is 27.6. The summed E-state index contributed by atoms with van der Waals surface area (Å²) in [6.07, 6.45) is 1.43. The van der Waals surface area contributed by atoms with Crippen molar-refractivity contribution < 1.29 is 28.6 Å². The first-order valence-electron chi connectivity index (χ1n) is 12.2. The summed E-state index contributed by atoms with van der Waals surface area (Å²) in [5.41, 5.74) is 5.69. The van der Waals surface area contributed by atoms with Crippen LogP contribution in [-0.2, 0) is 0 Å². The largest absolute Gasteiger partial charge is 0.497 e. The second-order valence-corrected chi connectivity index (χ2v) is 8.63. The Kier molecular flexibility index (Phi) is 8.88. The number of ether oxygens (including phenoxy) is 3. The Hall–Kier alpha value is -5.44. The molecular formula is C31H27N3O6. The topological polar surface area (TPSA) is 115 Å². The van der Waals surface area contributed by atoms with Gasteiger partial charge in [-0.2, -0.15) is 5.10 Å². The number of methoxy groups -OCH3 is 2. The van der Waals surface area contributed by atoms with Crippen LogP contribution < -0.4 is 25.0 Å². The quantitative estimate of drug-likeness (QED) is 0.130. The lowest BCUT2D eigenvalue weighted by Gasteiger charge is -2.10. The van der Waals surface area contributed by atoms with Crippen LogP contribution in [0.4, 0.5) is 5.69 Å². The van der Waals surface area contributed by atoms with Crippen molar-refractivity contribution in [3.63, 3.8) is 0 Å². The van der Waals surface area contributed by atoms with Gasteiger partial charge in [0.15, 0.2) is 11.5 Å². The van der Waals surface area contributed by atoms with Gasteiger partial charge in [-0.3, -0.25) is 9.59 Å². The monoisotopic (exact) mass is 537 g/mol. The van der Waals surface area contributed by atoms with E-state index in [1.54, 1.807) is 78.9 Å². The second-order valence-electron chi connectivity index (χ2n) is 8.63. The molecule has 0 aliphatic rings. The summed E-state index contributed by atoms with van der Waals surface area (Å²) < 4.78 is 16.0. The number of hydrazone groups is 1. The molecule has 2 amide bonds. The molecule has 0 aromatic heterocycles. The number of anilines is 1. The van der Waals surface area contributed by atoms with Gasteiger partial charge in [-0.15, -0.1) is 0 Å². The molecule has 0 aliphatic heterocycles. The SMILES string of the molecule is COc1cccc(C(=O)Nc2cccc(C(=O)NN=Cc3ccc(OC(=O)c4ccc(C)cc4)c(OC)c3)c2)c1. The molecule has 2 N–H and O–H groups in total. The van der Waals surface area contributed by atoms with Crippen molar-refractivity contribution in [3.05, 3.63) is 119 Å². The maximum Gasteiger partial charge on any atom is 0.343 e. The highest BCUT2D eigenvalue weighted by Crippen LogP contribution is 2.28. The predicted octanol–water partition coefficient (Wildman–Crippen LogP) is 5.25. The van der Waals surface area contributed by atoms with E-state index in [0.29, 0.717) is 39.4 Å². The Balaban J connectivity index is 1.37. The molecule has 0 bridgehead atoms. The summed E-state index contributed by atoms with van der Waals surface area (Å²) in [4.78, 5) is 37.7. The summed E-state index contributed by atoms with van der Waals surface area (Å²) in [6.45, 7) is 1.93. The number of hydrogen-bond donors (Lipinski definition) is 2. The highest BCUT2D eigenvalue weighted by atomic mass is 16.6. The van der Waals surface area contributed by atoms with Crippen LogP contribution in [-0.4, -0.2) is 38.2 Å². The lowest BCUT2D eigenvalue weighted by molar-refractivity contribution is 0.0729. The van der Waals surface area contributed by atoms with Crippen LogP contribution in [0.15, 0.2) is 96.1 Å². The molecule has 4 rings (SSSR count). The van der Waals surface area contributed by atoms with Crippen molar-refractivity contribution in [1.82, 2.24) is 5.43 Å². The zero-order chi connectivity index (χ0) is 28.5. The van der Waals surface area contributed by atoms with Crippen LogP contribution >= 0.6 is 0 Å². The number of amides is 2. The van der Waals surface area contributed by atoms with Crippen LogP contribution in [0.2, 0.25) is 0 Å². The number of nitrogens with zero attached hydrogens (tertiary/aromatic N) is 1. The van der Waals surface area contributed by atoms with Gasteiger partial charge in [0.25, 0.3) is 11.8 Å². The number of nitrogens with one attached hydrogen (secondary N) is 2. The standard InChI is InChI=1S/C31H27N3O6/c1-20-10-13-22(14-11-20)31(37)40-27-15-12-21(16-28(27)39-3)19-32-34-30(36)23-6-4-8-25(17-23)33-29(35)24-7-5-9-26(18-24)38-2/h4-19H,1-3H3,(H,33,35)(H,34,36). The van der Waals surface area contributed by atoms with Crippen molar-refractivity contribution in [2.45, 2.75) is 6.92 Å². The average molecular weight is 538 g/mol. The lowest BCUT2D eigenvalue weighted by atomic mass is 10.1. The normalized spacial score (nSPS) is 10.6. The molecule has 4 aromatic rings. The highest BCUT2D eigenvalue weighted by molar-refractivity contribution is 6.05. The minimum absolute atomic E-state index is 0.252. The minimum Gasteiger partial charge on any atom is -0.497 e. The molecule has 0 saturated heterocycles. The summed E-state index contributed by atoms with van der Waals surface area (Å²) in [5, 5.41) is 6.78. The molecule has 0 unspecified atom stereocenters. The van der Waals surface area contributed by atoms with E-state index in [9.17, 15) is 14.4 Å². The van der Waals surface area contributed by atoms with Crippen LogP contribution in [0.3, 0.4) is 0 Å². The fourth-order valence-electron chi connectivity index (χ4n) is 3.63. The molecule has 0 radical (unpaired) electrons. The number of benzene rings is 4. The van der Waals surface area contributed by atoms with Gasteiger partial charge < -0.3 is 19.5 Å². The Morgan fingerprint density at radius 1 is 0.725 bits per heavy atom. The van der Waals surface area contributed by atoms with Crippen LogP contribution in [0.5, 0.6) is 17.2 Å². The number of carbonyl (C=O) groups excluding carboxylic acids is 3. The fraction of sp³-hybridized carbons (Fsp3) is 0.0968. The maximum absolute atomic E-state index is 12.6. The molecule has 0 aliphatic carbocycles. The van der Waals surface area contributed by atoms with E-state index >= 15 is 0 Å². The average Bonchev–Trinajstić information content (AvgIpc) is 2.98. The van der Waals surface area contributed by atoms with Crippen LogP contribution in [0.25, 0.3) is 0 Å². The van der Waals surface area contributed by atoms with Gasteiger partial charge in [-0.05, 0) is 79.2 Å². The summed E-state index contributed by atoms with van der Waals surface area (Å²) >= 11 is 0. The molecule has 9 nitrogen and oxygen atoms in total. The Morgan fingerprint density at radius 2 is 1.45 bits per heavy atom. The number of hydrogen-bond acceptors (Lipinski definition) is 7. The van der Waals surface area contributed by atoms with E-state index in [-0.39, 0.29) is 11.7 Å². The first-order valence-corrected chi connectivity index (χ1v) is 12.2. The molecule has 0 spiro atoms. The van der Waals surface area contributed by atoms with Gasteiger partial charge in [-0.25, -0.2) is 10.2 Å². The fourth-order valence-corrected chi connectivity index (χ4v) is 3.63. The molecule has 0 fully saturated rings. The number of esters is 1. The van der Waals surface area contributed by atoms with E-state index in [1.165, 1.54) is 20.4 Å². The Morgan fingerprint density at radius 3 is 2.17 bits per heavy atom. The van der Waals surface area contributed by atoms with Gasteiger partial charge >= 0.3 is 5.97 Å². The summed E-state index contributed by atoms with van der Waals surface area (Å²) in [6, 6.07) is 25.2. The van der Waals surface area contributed by atoms with Gasteiger partial charge in [0.1, 0.15) is 5.75 Å². The number of aryl methyl sites for hydroxylation is 1. The molecule has 0 atom stereocenters. The zero-order valence-electron chi connectivity index (χ0n) is 22.1. The lowest BCUT2D eigenvalue weighted by Crippen LogP contribution is -2.18. The number of carbonyl (C=O) groups is 3. The van der Waals surface area contributed by atoms with Gasteiger partial charge in [0, 0.05) is 16.8 Å². The molecular weight excluding hydrogens is 510 g/mol. The highest BCUT2D eigenvalue weighted by Gasteiger charge is 2.13. The van der Waals surface area contributed by atoms with E-state index < -0.39 is 11.9 Å². The van der Waals surface area contributed by atoms with Crippen molar-refractivity contribution in [3.8, 4) is 17.2 Å². The molecule has 4 aromatic carbocycles. The minimum atomic E-state index is -0.506. The first-order chi connectivity index (χ1) is 19.4. The van der Waals surface area contributed by atoms with Crippen molar-refractivity contribution >= 4 is 29.7 Å². The van der Waals surface area contributed by atoms with E-state index in [0.717, 1.165) is 5.56 Å². The van der Waals surface area contributed by atoms with Crippen LogP contribution in [0, 0.1) is 6.92 Å². The number of rotatable bonds is 9. The smallest absolute Gasteiger partial charge is 0.343 e. The third kappa shape index (κ3) is 7.11. The maximum atomic E-state index is 12.6. The van der Waals surface area contributed by atoms with Crippen LogP contribution in [0.1, 0.15) is 42.2 Å². The molecule has 40 heavy (non-hydrogen) atoms. The zero-order valence-corrected chi connectivity index (χ0v) is 22.1. The van der Waals surface area contributed by atoms with Crippen molar-refractivity contribution in [2.75, 3.05) is 19.5 Å². The third-order valence-corrected chi connectivity index (χ3v) is 5.77. The van der Waals surface area contributed by atoms with E-state index in [4.69, 9.17) is 14.2 Å². The molecule has 0 heterocycles. The third-order valence-electron chi connectivity index (χ3n) is 5.77. The summed E-state index contributed by atoms with van der Waals surface area (Å²) in [7, 11) is 2.98. The van der Waals surface area contributed by atoms with Gasteiger partial charge in [-0.1, -0.05) is 29.8 Å². The molecule has 0 saturated carbocycles. The summed E-state index contributed by atoms with van der Waals surface area (Å²) in [5.74, 6) is -0.166. The van der Waals surface area contributed by atoms with Gasteiger partial charge in [0.2, 0.25) is 0 Å². The Labute approximate surface area is 231 Å². The molecule has 9 heteroatoms. The van der Waals surface area contributed by atoms with E-state index in [1.807, 2.05) is 19.1 Å². The Bertz CT molecular complexity index is 1560.